The van der Waals surface area contributed by atoms with Gasteiger partial charge in [-0.3, -0.25) is 14.8 Å². The molecule has 0 saturated carbocycles. The van der Waals surface area contributed by atoms with Gasteiger partial charge >= 0.3 is 6.36 Å². The smallest absolute Gasteiger partial charge is 0.404 e. The standard InChI is InChI=1S/C24H14ClF3N2O2/c25-19-14-18(7-10-23(19)32-24(26,27)28)16-3-5-17(6-4-16)22(31)9-2-15-1-8-20-21(13-15)30-12-11-29-20/h1-14H. The van der Waals surface area contributed by atoms with Gasteiger partial charge in [-0.2, -0.15) is 0 Å². The minimum atomic E-state index is -4.82. The summed E-state index contributed by atoms with van der Waals surface area (Å²) in [7, 11) is 0. The number of alkyl halides is 3. The second kappa shape index (κ2) is 8.80. The Morgan fingerprint density at radius 2 is 1.56 bits per heavy atom. The van der Waals surface area contributed by atoms with Crippen molar-refractivity contribution in [3.05, 3.63) is 95.3 Å². The number of nitrogens with zero attached hydrogens (tertiary/aromatic N) is 2. The SMILES string of the molecule is O=C(C=Cc1ccc2nccnc2c1)c1ccc(-c2ccc(OC(F)(F)F)c(Cl)c2)cc1. The molecule has 0 amide bonds. The highest BCUT2D eigenvalue weighted by atomic mass is 35.5. The molecule has 0 bridgehead atoms. The van der Waals surface area contributed by atoms with Crippen LogP contribution >= 0.6 is 11.6 Å². The first-order valence-electron chi connectivity index (χ1n) is 9.37. The highest BCUT2D eigenvalue weighted by Gasteiger charge is 2.32. The van der Waals surface area contributed by atoms with Crippen LogP contribution in [-0.2, 0) is 0 Å². The summed E-state index contributed by atoms with van der Waals surface area (Å²) in [5.74, 6) is -0.665. The Labute approximate surface area is 186 Å². The van der Waals surface area contributed by atoms with Crippen molar-refractivity contribution in [3.8, 4) is 16.9 Å². The Balaban J connectivity index is 1.48. The third-order valence-corrected chi connectivity index (χ3v) is 4.88. The molecule has 1 heterocycles. The highest BCUT2D eigenvalue weighted by Crippen LogP contribution is 2.33. The summed E-state index contributed by atoms with van der Waals surface area (Å²) < 4.78 is 41.0. The molecule has 160 valence electrons. The minimum Gasteiger partial charge on any atom is -0.404 e. The van der Waals surface area contributed by atoms with Gasteiger partial charge in [0.05, 0.1) is 16.1 Å². The molecule has 8 heteroatoms. The van der Waals surface area contributed by atoms with Crippen LogP contribution in [0.25, 0.3) is 28.2 Å². The lowest BCUT2D eigenvalue weighted by Crippen LogP contribution is -2.17. The van der Waals surface area contributed by atoms with E-state index in [1.54, 1.807) is 42.7 Å². The van der Waals surface area contributed by atoms with Gasteiger partial charge in [-0.05, 0) is 47.0 Å². The first-order valence-corrected chi connectivity index (χ1v) is 9.75. The van der Waals surface area contributed by atoms with Crippen molar-refractivity contribution in [2.75, 3.05) is 0 Å². The molecule has 0 spiro atoms. The van der Waals surface area contributed by atoms with Crippen LogP contribution < -0.4 is 4.74 Å². The molecule has 32 heavy (non-hydrogen) atoms. The van der Waals surface area contributed by atoms with E-state index in [1.807, 2.05) is 18.2 Å². The van der Waals surface area contributed by atoms with Crippen LogP contribution in [0.1, 0.15) is 15.9 Å². The van der Waals surface area contributed by atoms with E-state index in [0.29, 0.717) is 16.7 Å². The zero-order chi connectivity index (χ0) is 22.7. The average Bonchev–Trinajstić information content (AvgIpc) is 2.78. The molecule has 0 atom stereocenters. The Bertz CT molecular complexity index is 1320. The monoisotopic (exact) mass is 454 g/mol. The van der Waals surface area contributed by atoms with Gasteiger partial charge in [0, 0.05) is 18.0 Å². The summed E-state index contributed by atoms with van der Waals surface area (Å²) >= 11 is 5.91. The number of carbonyl (C=O) groups excluding carboxylic acids is 1. The van der Waals surface area contributed by atoms with Gasteiger partial charge in [0.15, 0.2) is 5.78 Å². The van der Waals surface area contributed by atoms with Crippen LogP contribution in [0.4, 0.5) is 13.2 Å². The third kappa shape index (κ3) is 5.12. The van der Waals surface area contributed by atoms with Crippen LogP contribution in [0.5, 0.6) is 5.75 Å². The molecule has 0 unspecified atom stereocenters. The molecule has 0 aliphatic carbocycles. The zero-order valence-corrected chi connectivity index (χ0v) is 17.1. The van der Waals surface area contributed by atoms with Crippen molar-refractivity contribution in [3.63, 3.8) is 0 Å². The number of halogens is 4. The second-order valence-electron chi connectivity index (χ2n) is 6.77. The van der Waals surface area contributed by atoms with E-state index in [9.17, 15) is 18.0 Å². The molecular formula is C24H14ClF3N2O2. The van der Waals surface area contributed by atoms with E-state index in [2.05, 4.69) is 14.7 Å². The number of rotatable bonds is 5. The van der Waals surface area contributed by atoms with Gasteiger partial charge in [0.25, 0.3) is 0 Å². The minimum absolute atomic E-state index is 0.164. The zero-order valence-electron chi connectivity index (χ0n) is 16.3. The number of hydrogen-bond donors (Lipinski definition) is 0. The molecule has 4 nitrogen and oxygen atoms in total. The maximum atomic E-state index is 12.5. The Kier molecular flexibility index (Phi) is 5.92. The van der Waals surface area contributed by atoms with Gasteiger partial charge in [0.2, 0.25) is 0 Å². The third-order valence-electron chi connectivity index (χ3n) is 4.58. The number of ether oxygens (including phenoxy) is 1. The van der Waals surface area contributed by atoms with Crippen LogP contribution in [0.2, 0.25) is 5.02 Å². The number of hydrogen-bond acceptors (Lipinski definition) is 4. The fourth-order valence-corrected chi connectivity index (χ4v) is 3.29. The number of ketones is 1. The number of carbonyl (C=O) groups is 1. The summed E-state index contributed by atoms with van der Waals surface area (Å²) in [6.07, 6.45) is 1.56. The van der Waals surface area contributed by atoms with Crippen molar-refractivity contribution < 1.29 is 22.7 Å². The Hall–Kier alpha value is -3.71. The van der Waals surface area contributed by atoms with Gasteiger partial charge < -0.3 is 4.74 Å². The summed E-state index contributed by atoms with van der Waals surface area (Å²) in [6.45, 7) is 0. The van der Waals surface area contributed by atoms with Gasteiger partial charge in [-0.1, -0.05) is 54.1 Å². The molecule has 0 saturated heterocycles. The number of fused-ring (bicyclic) bond motifs is 1. The topological polar surface area (TPSA) is 52.1 Å². The van der Waals surface area contributed by atoms with Crippen LogP contribution in [0.15, 0.2) is 79.1 Å². The maximum absolute atomic E-state index is 12.5. The molecule has 0 fully saturated rings. The molecule has 1 aromatic heterocycles. The summed E-state index contributed by atoms with van der Waals surface area (Å²) in [4.78, 5) is 20.9. The maximum Gasteiger partial charge on any atom is 0.573 e. The van der Waals surface area contributed by atoms with E-state index in [0.717, 1.165) is 22.7 Å². The van der Waals surface area contributed by atoms with Crippen LogP contribution in [0, 0.1) is 0 Å². The predicted molar refractivity (Wildman–Crippen MR) is 116 cm³/mol. The molecule has 3 aromatic carbocycles. The number of allylic oxidation sites excluding steroid dienone is 1. The molecular weight excluding hydrogens is 441 g/mol. The normalized spacial score (nSPS) is 11.8. The molecule has 0 N–H and O–H groups in total. The van der Waals surface area contributed by atoms with Gasteiger partial charge in [-0.15, -0.1) is 13.2 Å². The molecule has 4 rings (SSSR count). The van der Waals surface area contributed by atoms with Crippen molar-refractivity contribution in [1.29, 1.82) is 0 Å². The van der Waals surface area contributed by atoms with Crippen molar-refractivity contribution in [1.82, 2.24) is 9.97 Å². The lowest BCUT2D eigenvalue weighted by molar-refractivity contribution is -0.274. The molecule has 0 aliphatic heterocycles. The number of aromatic nitrogens is 2. The average molecular weight is 455 g/mol. The highest BCUT2D eigenvalue weighted by molar-refractivity contribution is 6.32. The first-order chi connectivity index (χ1) is 15.3. The number of benzene rings is 3. The summed E-state index contributed by atoms with van der Waals surface area (Å²) in [6, 6.07) is 16.2. The summed E-state index contributed by atoms with van der Waals surface area (Å²) in [5.41, 5.74) is 4.07. The quantitative estimate of drug-likeness (QED) is 0.247. The lowest BCUT2D eigenvalue weighted by Gasteiger charge is -2.11. The fraction of sp³-hybridized carbons (Fsp3) is 0.0417. The Morgan fingerprint density at radius 1 is 0.875 bits per heavy atom. The first kappa shape index (κ1) is 21.5. The largest absolute Gasteiger partial charge is 0.573 e. The van der Waals surface area contributed by atoms with Crippen molar-refractivity contribution >= 4 is 34.5 Å². The van der Waals surface area contributed by atoms with Crippen LogP contribution in [-0.4, -0.2) is 22.1 Å². The summed E-state index contributed by atoms with van der Waals surface area (Å²) in [5, 5.41) is -0.164. The van der Waals surface area contributed by atoms with E-state index < -0.39 is 12.1 Å². The van der Waals surface area contributed by atoms with Gasteiger partial charge in [0.1, 0.15) is 5.75 Å². The van der Waals surface area contributed by atoms with Gasteiger partial charge in [-0.25, -0.2) is 0 Å². The van der Waals surface area contributed by atoms with E-state index in [1.165, 1.54) is 18.2 Å². The molecule has 4 aromatic rings. The van der Waals surface area contributed by atoms with E-state index >= 15 is 0 Å². The molecule has 0 aliphatic rings. The van der Waals surface area contributed by atoms with Crippen molar-refractivity contribution in [2.45, 2.75) is 6.36 Å². The van der Waals surface area contributed by atoms with Crippen molar-refractivity contribution in [2.24, 2.45) is 0 Å². The predicted octanol–water partition coefficient (Wildman–Crippen LogP) is 6.74. The van der Waals surface area contributed by atoms with E-state index in [4.69, 9.17) is 11.6 Å². The van der Waals surface area contributed by atoms with E-state index in [-0.39, 0.29) is 10.8 Å². The lowest BCUT2D eigenvalue weighted by atomic mass is 10.0. The molecule has 0 radical (unpaired) electrons. The van der Waals surface area contributed by atoms with Crippen LogP contribution in [0.3, 0.4) is 0 Å². The fourth-order valence-electron chi connectivity index (χ4n) is 3.07. The Morgan fingerprint density at radius 3 is 2.25 bits per heavy atom. The second-order valence-corrected chi connectivity index (χ2v) is 7.18.